The number of nitrogens with one attached hydrogen (secondary N) is 1. The van der Waals surface area contributed by atoms with E-state index in [1.165, 1.54) is 57.3 Å². The second-order valence-corrected chi connectivity index (χ2v) is 14.9. The SMILES string of the molecule is CC(=O)N1CCc2c(c(N3CCCc4cc(-c5cnn(C)c5)c(C(F)F)cc43)nn2C2CCC(C3CCC4(CC3)CNC4)CC2)C1. The van der Waals surface area contributed by atoms with Crippen molar-refractivity contribution in [2.75, 3.05) is 31.1 Å². The van der Waals surface area contributed by atoms with Crippen LogP contribution in [0.3, 0.4) is 0 Å². The van der Waals surface area contributed by atoms with Crippen LogP contribution in [-0.2, 0) is 31.2 Å². The van der Waals surface area contributed by atoms with Crippen LogP contribution in [0.25, 0.3) is 11.1 Å². The molecule has 3 fully saturated rings. The number of alkyl halides is 2. The lowest BCUT2D eigenvalue weighted by Crippen LogP contribution is -2.55. The Balaban J connectivity index is 1.10. The van der Waals surface area contributed by atoms with E-state index in [0.29, 0.717) is 35.7 Å². The number of hydrogen-bond donors (Lipinski definition) is 1. The van der Waals surface area contributed by atoms with E-state index in [-0.39, 0.29) is 11.5 Å². The Kier molecular flexibility index (Phi) is 7.69. The smallest absolute Gasteiger partial charge is 0.264 e. The zero-order chi connectivity index (χ0) is 31.6. The van der Waals surface area contributed by atoms with Crippen LogP contribution in [0.1, 0.15) is 99.6 Å². The molecule has 8 nitrogen and oxygen atoms in total. The molecule has 0 bridgehead atoms. The van der Waals surface area contributed by atoms with Gasteiger partial charge in [-0.25, -0.2) is 8.78 Å². The van der Waals surface area contributed by atoms with Gasteiger partial charge in [-0.2, -0.15) is 10.2 Å². The van der Waals surface area contributed by atoms with E-state index in [0.717, 1.165) is 73.1 Å². The molecule has 5 aliphatic rings. The molecule has 5 heterocycles. The number of hydrogen-bond acceptors (Lipinski definition) is 5. The highest BCUT2D eigenvalue weighted by Gasteiger charge is 2.42. The van der Waals surface area contributed by atoms with Gasteiger partial charge in [-0.1, -0.05) is 0 Å². The topological polar surface area (TPSA) is 71.2 Å². The van der Waals surface area contributed by atoms with Gasteiger partial charge in [-0.05, 0) is 105 Å². The number of anilines is 2. The Bertz CT molecular complexity index is 1610. The molecule has 8 rings (SSSR count). The van der Waals surface area contributed by atoms with Gasteiger partial charge in [0, 0.05) is 80.8 Å². The van der Waals surface area contributed by atoms with Crippen LogP contribution in [0.4, 0.5) is 20.3 Å². The average Bonchev–Trinajstić information content (AvgIpc) is 3.66. The van der Waals surface area contributed by atoms with Crippen molar-refractivity contribution in [1.82, 2.24) is 29.8 Å². The molecule has 46 heavy (non-hydrogen) atoms. The summed E-state index contributed by atoms with van der Waals surface area (Å²) in [4.78, 5) is 16.6. The lowest BCUT2D eigenvalue weighted by atomic mass is 9.63. The van der Waals surface area contributed by atoms with Gasteiger partial charge in [-0.15, -0.1) is 0 Å². The van der Waals surface area contributed by atoms with Crippen molar-refractivity contribution in [2.24, 2.45) is 24.3 Å². The van der Waals surface area contributed by atoms with Gasteiger partial charge >= 0.3 is 0 Å². The van der Waals surface area contributed by atoms with E-state index in [2.05, 4.69) is 20.0 Å². The standard InChI is InChI=1S/C36H47F2N7O/c1-23(46)43-15-11-32-31(20-43)35(41-45(32)28-7-5-24(6-8-28)25-9-12-36(13-10-25)21-39-22-36)44-14-3-4-26-16-29(27-18-40-42(2)19-27)30(34(37)38)17-33(26)44/h16-19,24-25,28,34,39H,3-15,20-22H2,1-2H3. The minimum Gasteiger partial charge on any atom is -0.338 e. The zero-order valence-electron chi connectivity index (χ0n) is 27.3. The number of benzene rings is 1. The van der Waals surface area contributed by atoms with Crippen molar-refractivity contribution in [2.45, 2.75) is 96.6 Å². The number of amides is 1. The Morgan fingerprint density at radius 2 is 1.78 bits per heavy atom. The molecule has 2 aromatic heterocycles. The van der Waals surface area contributed by atoms with Crippen LogP contribution >= 0.6 is 0 Å². The van der Waals surface area contributed by atoms with E-state index in [1.54, 1.807) is 37.1 Å². The fourth-order valence-corrected chi connectivity index (χ4v) is 9.45. The van der Waals surface area contributed by atoms with Crippen LogP contribution in [0.2, 0.25) is 0 Å². The molecule has 2 aliphatic carbocycles. The predicted octanol–water partition coefficient (Wildman–Crippen LogP) is 6.72. The second kappa shape index (κ2) is 11.8. The summed E-state index contributed by atoms with van der Waals surface area (Å²) in [6.07, 6.45) is 13.7. The molecule has 0 atom stereocenters. The Hall–Kier alpha value is -3.27. The summed E-state index contributed by atoms with van der Waals surface area (Å²) in [5, 5.41) is 13.1. The van der Waals surface area contributed by atoms with Gasteiger partial charge in [0.15, 0.2) is 5.82 Å². The summed E-state index contributed by atoms with van der Waals surface area (Å²) >= 11 is 0. The maximum atomic E-state index is 14.6. The first kappa shape index (κ1) is 30.1. The van der Waals surface area contributed by atoms with Gasteiger partial charge < -0.3 is 15.1 Å². The Morgan fingerprint density at radius 1 is 1.02 bits per heavy atom. The maximum Gasteiger partial charge on any atom is 0.264 e. The molecular formula is C36H47F2N7O. The number of carbonyl (C=O) groups is 1. The number of nitrogens with zero attached hydrogens (tertiary/aromatic N) is 6. The third-order valence-electron chi connectivity index (χ3n) is 12.2. The summed E-state index contributed by atoms with van der Waals surface area (Å²) in [6.45, 7) is 6.01. The summed E-state index contributed by atoms with van der Waals surface area (Å²) in [7, 11) is 1.81. The normalized spacial score (nSPS) is 24.6. The summed E-state index contributed by atoms with van der Waals surface area (Å²) in [5.41, 5.74) is 6.10. The Labute approximate surface area is 270 Å². The largest absolute Gasteiger partial charge is 0.338 e. The quantitative estimate of drug-likeness (QED) is 0.339. The molecule has 1 N–H and O–H groups in total. The number of carbonyl (C=O) groups excluding carboxylic acids is 1. The van der Waals surface area contributed by atoms with Gasteiger partial charge in [0.1, 0.15) is 0 Å². The second-order valence-electron chi connectivity index (χ2n) is 14.9. The molecule has 0 radical (unpaired) electrons. The summed E-state index contributed by atoms with van der Waals surface area (Å²) in [6, 6.07) is 3.99. The van der Waals surface area contributed by atoms with E-state index in [4.69, 9.17) is 5.10 Å². The van der Waals surface area contributed by atoms with Crippen LogP contribution in [0.5, 0.6) is 0 Å². The molecular weight excluding hydrogens is 584 g/mol. The minimum absolute atomic E-state index is 0.0258. The minimum atomic E-state index is -2.61. The lowest BCUT2D eigenvalue weighted by Gasteiger charge is -2.49. The highest BCUT2D eigenvalue weighted by atomic mass is 19.3. The average molecular weight is 632 g/mol. The first-order chi connectivity index (χ1) is 22.3. The van der Waals surface area contributed by atoms with Crippen molar-refractivity contribution in [3.05, 3.63) is 46.9 Å². The summed E-state index contributed by atoms with van der Waals surface area (Å²) in [5.74, 6) is 2.60. The van der Waals surface area contributed by atoms with Crippen LogP contribution in [0, 0.1) is 17.3 Å². The van der Waals surface area contributed by atoms with Gasteiger partial charge in [0.05, 0.1) is 18.8 Å². The van der Waals surface area contributed by atoms with E-state index in [1.807, 2.05) is 11.0 Å². The van der Waals surface area contributed by atoms with Crippen molar-refractivity contribution < 1.29 is 13.6 Å². The van der Waals surface area contributed by atoms with Crippen molar-refractivity contribution >= 4 is 17.4 Å². The van der Waals surface area contributed by atoms with E-state index < -0.39 is 6.43 Å². The molecule has 10 heteroatoms. The first-order valence-electron chi connectivity index (χ1n) is 17.6. The highest BCUT2D eigenvalue weighted by Crippen LogP contribution is 2.49. The number of halogens is 2. The van der Waals surface area contributed by atoms with Crippen LogP contribution < -0.4 is 10.2 Å². The van der Waals surface area contributed by atoms with E-state index >= 15 is 0 Å². The first-order valence-corrected chi connectivity index (χ1v) is 17.6. The third kappa shape index (κ3) is 5.24. The number of fused-ring (bicyclic) bond motifs is 2. The zero-order valence-corrected chi connectivity index (χ0v) is 27.3. The maximum absolute atomic E-state index is 14.6. The molecule has 3 aliphatic heterocycles. The fourth-order valence-electron chi connectivity index (χ4n) is 9.45. The Morgan fingerprint density at radius 3 is 2.43 bits per heavy atom. The molecule has 0 unspecified atom stereocenters. The molecule has 1 saturated heterocycles. The highest BCUT2D eigenvalue weighted by molar-refractivity contribution is 5.78. The number of aryl methyl sites for hydroxylation is 2. The number of rotatable bonds is 5. The van der Waals surface area contributed by atoms with Gasteiger partial charge in [0.25, 0.3) is 6.43 Å². The molecule has 3 aromatic rings. The van der Waals surface area contributed by atoms with Crippen molar-refractivity contribution in [3.63, 3.8) is 0 Å². The monoisotopic (exact) mass is 631 g/mol. The number of aromatic nitrogens is 4. The van der Waals surface area contributed by atoms with Gasteiger partial charge in [0.2, 0.25) is 5.91 Å². The molecule has 1 spiro atoms. The lowest BCUT2D eigenvalue weighted by molar-refractivity contribution is -0.129. The third-order valence-corrected chi connectivity index (χ3v) is 12.2. The predicted molar refractivity (Wildman–Crippen MR) is 174 cm³/mol. The van der Waals surface area contributed by atoms with Crippen molar-refractivity contribution in [1.29, 1.82) is 0 Å². The molecule has 246 valence electrons. The van der Waals surface area contributed by atoms with Crippen LogP contribution in [-0.4, -0.2) is 56.5 Å². The molecule has 1 aromatic carbocycles. The van der Waals surface area contributed by atoms with Gasteiger partial charge in [-0.3, -0.25) is 14.2 Å². The van der Waals surface area contributed by atoms with Crippen LogP contribution in [0.15, 0.2) is 24.5 Å². The fraction of sp³-hybridized carbons (Fsp3) is 0.639. The molecule has 2 saturated carbocycles. The molecule has 1 amide bonds. The van der Waals surface area contributed by atoms with Crippen molar-refractivity contribution in [3.8, 4) is 11.1 Å². The van der Waals surface area contributed by atoms with E-state index in [9.17, 15) is 13.6 Å². The summed E-state index contributed by atoms with van der Waals surface area (Å²) < 4.78 is 33.1.